The van der Waals surface area contributed by atoms with Crippen molar-refractivity contribution in [3.8, 4) is 0 Å². The number of hydrogen-bond acceptors (Lipinski definition) is 4. The van der Waals surface area contributed by atoms with Crippen LogP contribution in [0.1, 0.15) is 62.6 Å². The third kappa shape index (κ3) is 9.20. The van der Waals surface area contributed by atoms with Gasteiger partial charge in [-0.15, -0.1) is 0 Å². The first-order valence-corrected chi connectivity index (χ1v) is 11.0. The lowest BCUT2D eigenvalue weighted by molar-refractivity contribution is 0.0392. The molecular formula is C23H40N2O2. The van der Waals surface area contributed by atoms with Crippen LogP contribution in [-0.4, -0.2) is 51.0 Å². The zero-order chi connectivity index (χ0) is 19.2. The van der Waals surface area contributed by atoms with Crippen molar-refractivity contribution in [3.63, 3.8) is 0 Å². The van der Waals surface area contributed by atoms with Gasteiger partial charge in [-0.05, 0) is 42.5 Å². The zero-order valence-corrected chi connectivity index (χ0v) is 17.6. The maximum atomic E-state index is 5.74. The number of rotatable bonds is 16. The van der Waals surface area contributed by atoms with Crippen molar-refractivity contribution in [1.29, 1.82) is 0 Å². The minimum absolute atomic E-state index is 0.692. The lowest BCUT2D eigenvalue weighted by Crippen LogP contribution is -2.23. The molecule has 0 aromatic heterocycles. The van der Waals surface area contributed by atoms with Gasteiger partial charge in [0.25, 0.3) is 0 Å². The fourth-order valence-electron chi connectivity index (χ4n) is 3.50. The van der Waals surface area contributed by atoms with Crippen molar-refractivity contribution in [3.05, 3.63) is 34.9 Å². The van der Waals surface area contributed by atoms with E-state index < -0.39 is 0 Å². The summed E-state index contributed by atoms with van der Waals surface area (Å²) in [7, 11) is 0. The molecule has 1 aliphatic rings. The van der Waals surface area contributed by atoms with E-state index in [0.717, 1.165) is 45.9 Å². The van der Waals surface area contributed by atoms with Gasteiger partial charge in [0.1, 0.15) is 0 Å². The maximum Gasteiger partial charge on any atom is 0.0701 e. The lowest BCUT2D eigenvalue weighted by atomic mass is 10.0. The molecule has 0 unspecified atom stereocenters. The van der Waals surface area contributed by atoms with Gasteiger partial charge >= 0.3 is 0 Å². The third-order valence-electron chi connectivity index (χ3n) is 5.18. The molecule has 2 rings (SSSR count). The number of hydrogen-bond donors (Lipinski definition) is 1. The molecule has 1 aromatic rings. The highest BCUT2D eigenvalue weighted by Gasteiger charge is 2.18. The fourth-order valence-corrected chi connectivity index (χ4v) is 3.50. The number of ether oxygens (including phenoxy) is 2. The highest BCUT2D eigenvalue weighted by atomic mass is 16.5. The van der Waals surface area contributed by atoms with Gasteiger partial charge in [-0.1, -0.05) is 51.3 Å². The molecule has 154 valence electrons. The Labute approximate surface area is 166 Å². The molecule has 0 radical (unpaired) electrons. The van der Waals surface area contributed by atoms with Gasteiger partial charge in [0.2, 0.25) is 0 Å². The normalized spacial score (nSPS) is 14.0. The van der Waals surface area contributed by atoms with Crippen molar-refractivity contribution in [2.24, 2.45) is 0 Å². The van der Waals surface area contributed by atoms with Gasteiger partial charge in [0.15, 0.2) is 0 Å². The van der Waals surface area contributed by atoms with E-state index >= 15 is 0 Å². The molecule has 0 saturated heterocycles. The average molecular weight is 377 g/mol. The summed E-state index contributed by atoms with van der Waals surface area (Å²) in [6.07, 6.45) is 7.61. The summed E-state index contributed by atoms with van der Waals surface area (Å²) in [6, 6.07) is 7.05. The van der Waals surface area contributed by atoms with Crippen LogP contribution in [0.25, 0.3) is 0 Å². The molecule has 0 fully saturated rings. The van der Waals surface area contributed by atoms with Crippen molar-refractivity contribution in [1.82, 2.24) is 10.2 Å². The van der Waals surface area contributed by atoms with Gasteiger partial charge in [-0.3, -0.25) is 4.90 Å². The van der Waals surface area contributed by atoms with E-state index in [4.69, 9.17) is 9.47 Å². The second kappa shape index (κ2) is 14.1. The first-order valence-electron chi connectivity index (χ1n) is 11.0. The summed E-state index contributed by atoms with van der Waals surface area (Å²) >= 11 is 0. The summed E-state index contributed by atoms with van der Waals surface area (Å²) in [5.74, 6) is 0. The number of aryl methyl sites for hydroxylation is 1. The van der Waals surface area contributed by atoms with Crippen molar-refractivity contribution in [2.45, 2.75) is 65.5 Å². The van der Waals surface area contributed by atoms with Gasteiger partial charge in [0, 0.05) is 26.2 Å². The average Bonchev–Trinajstić information content (AvgIpc) is 3.09. The Bertz CT molecular complexity index is 507. The second-order valence-corrected chi connectivity index (χ2v) is 7.60. The summed E-state index contributed by atoms with van der Waals surface area (Å²) in [5.41, 5.74) is 4.49. The van der Waals surface area contributed by atoms with Gasteiger partial charge < -0.3 is 14.8 Å². The molecule has 0 atom stereocenters. The minimum Gasteiger partial charge on any atom is -0.378 e. The van der Waals surface area contributed by atoms with E-state index in [9.17, 15) is 0 Å². The number of nitrogens with one attached hydrogen (secondary N) is 1. The molecule has 1 N–H and O–H groups in total. The van der Waals surface area contributed by atoms with Crippen LogP contribution in [0.2, 0.25) is 0 Å². The van der Waals surface area contributed by atoms with Crippen LogP contribution < -0.4 is 5.32 Å². The van der Waals surface area contributed by atoms with E-state index in [1.54, 1.807) is 0 Å². The molecule has 4 heteroatoms. The lowest BCUT2D eigenvalue weighted by Gasteiger charge is -2.14. The van der Waals surface area contributed by atoms with Gasteiger partial charge in [-0.2, -0.15) is 0 Å². The number of nitrogens with zero attached hydrogens (tertiary/aromatic N) is 1. The number of benzene rings is 1. The van der Waals surface area contributed by atoms with Crippen LogP contribution >= 0.6 is 0 Å². The Morgan fingerprint density at radius 2 is 1.63 bits per heavy atom. The Balaban J connectivity index is 1.45. The highest BCUT2D eigenvalue weighted by molar-refractivity contribution is 5.34. The molecule has 4 nitrogen and oxygen atoms in total. The molecule has 0 saturated carbocycles. The summed E-state index contributed by atoms with van der Waals surface area (Å²) in [4.78, 5) is 2.48. The molecule has 0 bridgehead atoms. The summed E-state index contributed by atoms with van der Waals surface area (Å²) < 4.78 is 11.4. The van der Waals surface area contributed by atoms with Crippen LogP contribution in [0.3, 0.4) is 0 Å². The van der Waals surface area contributed by atoms with E-state index in [0.29, 0.717) is 13.2 Å². The summed E-state index contributed by atoms with van der Waals surface area (Å²) in [5, 5.41) is 3.41. The Morgan fingerprint density at radius 1 is 0.852 bits per heavy atom. The molecule has 1 aromatic carbocycles. The van der Waals surface area contributed by atoms with Crippen molar-refractivity contribution < 1.29 is 9.47 Å². The third-order valence-corrected chi connectivity index (χ3v) is 5.18. The van der Waals surface area contributed by atoms with E-state index in [-0.39, 0.29) is 0 Å². The van der Waals surface area contributed by atoms with Crippen LogP contribution in [0.15, 0.2) is 18.2 Å². The summed E-state index contributed by atoms with van der Waals surface area (Å²) in [6.45, 7) is 12.6. The molecule has 0 amide bonds. The van der Waals surface area contributed by atoms with Crippen LogP contribution in [0.5, 0.6) is 0 Å². The van der Waals surface area contributed by atoms with Crippen LogP contribution in [0.4, 0.5) is 0 Å². The number of fused-ring (bicyclic) bond motifs is 1. The second-order valence-electron chi connectivity index (χ2n) is 7.60. The topological polar surface area (TPSA) is 33.7 Å². The van der Waals surface area contributed by atoms with Crippen LogP contribution in [-0.2, 0) is 29.0 Å². The van der Waals surface area contributed by atoms with Gasteiger partial charge in [-0.25, -0.2) is 0 Å². The Morgan fingerprint density at radius 3 is 2.44 bits per heavy atom. The quantitative estimate of drug-likeness (QED) is 0.439. The van der Waals surface area contributed by atoms with Crippen LogP contribution in [0, 0.1) is 0 Å². The smallest absolute Gasteiger partial charge is 0.0701 e. The van der Waals surface area contributed by atoms with Crippen molar-refractivity contribution in [2.75, 3.05) is 46.1 Å². The van der Waals surface area contributed by atoms with Gasteiger partial charge in [0.05, 0.1) is 26.4 Å². The molecule has 0 aliphatic carbocycles. The minimum atomic E-state index is 0.692. The molecule has 27 heavy (non-hydrogen) atoms. The molecule has 0 spiro atoms. The van der Waals surface area contributed by atoms with Crippen molar-refractivity contribution >= 4 is 0 Å². The maximum absolute atomic E-state index is 5.74. The zero-order valence-electron chi connectivity index (χ0n) is 17.6. The Kier molecular flexibility index (Phi) is 11.7. The molecular weight excluding hydrogens is 336 g/mol. The fraction of sp³-hybridized carbons (Fsp3) is 0.739. The van der Waals surface area contributed by atoms with E-state index in [2.05, 4.69) is 42.3 Å². The molecule has 1 aliphatic heterocycles. The highest BCUT2D eigenvalue weighted by Crippen LogP contribution is 2.24. The molecule has 1 heterocycles. The van der Waals surface area contributed by atoms with E-state index in [1.165, 1.54) is 55.2 Å². The predicted octanol–water partition coefficient (Wildman–Crippen LogP) is 4.16. The largest absolute Gasteiger partial charge is 0.378 e. The number of unbranched alkanes of at least 4 members (excludes halogenated alkanes) is 3. The van der Waals surface area contributed by atoms with E-state index in [1.807, 2.05) is 0 Å². The standard InChI is InChI=1S/C23H40N2O2/c1-3-5-7-11-24-12-14-26-16-17-27-15-13-25-19-22-10-9-21(8-6-4-2)18-23(22)20-25/h9-10,18,24H,3-8,11-17,19-20H2,1-2H3. The SMILES string of the molecule is CCCCCNCCOCCOCCN1Cc2ccc(CCCC)cc2C1. The monoisotopic (exact) mass is 376 g/mol. The predicted molar refractivity (Wildman–Crippen MR) is 113 cm³/mol. The first kappa shape index (κ1) is 22.4. The Hall–Kier alpha value is -0.940. The first-order chi connectivity index (χ1) is 13.3.